The number of hydrogen-bond donors (Lipinski definition) is 0. The van der Waals surface area contributed by atoms with Crippen molar-refractivity contribution in [2.75, 3.05) is 0 Å². The molecule has 3 heterocycles. The molecule has 1 atom stereocenters. The summed E-state index contributed by atoms with van der Waals surface area (Å²) in [5, 5.41) is 14.2. The van der Waals surface area contributed by atoms with E-state index in [2.05, 4.69) is 47.2 Å². The Balaban J connectivity index is 1.66. The highest BCUT2D eigenvalue weighted by molar-refractivity contribution is 7.99. The van der Waals surface area contributed by atoms with Gasteiger partial charge in [-0.3, -0.25) is 9.20 Å². The first-order valence-electron chi connectivity index (χ1n) is 12.0. The van der Waals surface area contributed by atoms with Crippen LogP contribution in [-0.2, 0) is 6.42 Å². The summed E-state index contributed by atoms with van der Waals surface area (Å²) in [5.41, 5.74) is 2.54. The van der Waals surface area contributed by atoms with Gasteiger partial charge in [-0.15, -0.1) is 10.2 Å². The molecule has 0 N–H and O–H groups in total. The fourth-order valence-electron chi connectivity index (χ4n) is 4.23. The van der Waals surface area contributed by atoms with Crippen molar-refractivity contribution >= 4 is 28.4 Å². The van der Waals surface area contributed by atoms with Crippen molar-refractivity contribution in [3.63, 3.8) is 0 Å². The van der Waals surface area contributed by atoms with Gasteiger partial charge in [0.1, 0.15) is 0 Å². The Morgan fingerprint density at radius 1 is 1.03 bits per heavy atom. The van der Waals surface area contributed by atoms with Gasteiger partial charge in [-0.25, -0.2) is 4.57 Å². The molecular formula is C26H28N6O2S. The Bertz CT molecular complexity index is 1550. The van der Waals surface area contributed by atoms with Crippen LogP contribution in [0.1, 0.15) is 69.0 Å². The lowest BCUT2D eigenvalue weighted by atomic mass is 10.0. The molecule has 0 radical (unpaired) electrons. The van der Waals surface area contributed by atoms with Gasteiger partial charge in [-0.1, -0.05) is 74.4 Å². The maximum absolute atomic E-state index is 13.7. The van der Waals surface area contributed by atoms with Gasteiger partial charge in [0.05, 0.1) is 21.8 Å². The highest BCUT2D eigenvalue weighted by Gasteiger charge is 2.23. The number of fused-ring (bicyclic) bond motifs is 3. The van der Waals surface area contributed by atoms with Crippen LogP contribution in [0.5, 0.6) is 0 Å². The molecule has 9 heteroatoms. The number of benzene rings is 2. The van der Waals surface area contributed by atoms with Crippen LogP contribution in [0.4, 0.5) is 0 Å². The van der Waals surface area contributed by atoms with Gasteiger partial charge in [0.25, 0.3) is 5.56 Å². The van der Waals surface area contributed by atoms with E-state index in [1.54, 1.807) is 4.57 Å². The molecule has 0 spiro atoms. The van der Waals surface area contributed by atoms with Gasteiger partial charge in [-0.05, 0) is 43.0 Å². The molecule has 0 aliphatic rings. The SMILES string of the molecule is CCCCc1noc(C(C)Sc2nnc3n(-c4ccccc4C(C)C)c(=O)c4ccccc4n23)n1. The molecule has 3 aromatic heterocycles. The standard InChI is InChI=1S/C26H28N6O2S/c1-5-6-15-22-27-23(34-30-22)17(4)35-26-29-28-25-31(20-13-9-7-11-18(20)16(2)3)24(33)19-12-8-10-14-21(19)32(25)26/h7-14,16-17H,5-6,15H2,1-4H3. The van der Waals surface area contributed by atoms with Crippen molar-refractivity contribution < 1.29 is 4.52 Å². The summed E-state index contributed by atoms with van der Waals surface area (Å²) in [6, 6.07) is 15.5. The third-order valence-corrected chi connectivity index (χ3v) is 7.09. The third kappa shape index (κ3) is 4.25. The molecule has 1 unspecified atom stereocenters. The van der Waals surface area contributed by atoms with Crippen molar-refractivity contribution in [3.8, 4) is 5.69 Å². The number of unbranched alkanes of at least 4 members (excludes halogenated alkanes) is 1. The number of rotatable bonds is 8. The van der Waals surface area contributed by atoms with E-state index >= 15 is 0 Å². The minimum absolute atomic E-state index is 0.115. The Labute approximate surface area is 207 Å². The number of aromatic nitrogens is 6. The van der Waals surface area contributed by atoms with Crippen LogP contribution in [0.25, 0.3) is 22.4 Å². The maximum Gasteiger partial charge on any atom is 0.267 e. The van der Waals surface area contributed by atoms with E-state index in [0.717, 1.165) is 41.9 Å². The van der Waals surface area contributed by atoms with Crippen LogP contribution in [0.15, 0.2) is 63.0 Å². The zero-order valence-corrected chi connectivity index (χ0v) is 21.1. The molecular weight excluding hydrogens is 460 g/mol. The van der Waals surface area contributed by atoms with Crippen LogP contribution >= 0.6 is 11.8 Å². The highest BCUT2D eigenvalue weighted by atomic mass is 32.2. The predicted octanol–water partition coefficient (Wildman–Crippen LogP) is 5.74. The maximum atomic E-state index is 13.7. The molecule has 0 bridgehead atoms. The molecule has 35 heavy (non-hydrogen) atoms. The van der Waals surface area contributed by atoms with Crippen molar-refractivity contribution in [2.24, 2.45) is 0 Å². The number of nitrogens with zero attached hydrogens (tertiary/aromatic N) is 6. The quantitative estimate of drug-likeness (QED) is 0.257. The topological polar surface area (TPSA) is 91.1 Å². The van der Waals surface area contributed by atoms with Crippen LogP contribution in [0.2, 0.25) is 0 Å². The normalized spacial score (nSPS) is 12.7. The van der Waals surface area contributed by atoms with Gasteiger partial charge in [0.15, 0.2) is 11.0 Å². The number of thioether (sulfide) groups is 1. The van der Waals surface area contributed by atoms with E-state index in [4.69, 9.17) is 4.52 Å². The number of hydrogen-bond acceptors (Lipinski definition) is 7. The summed E-state index contributed by atoms with van der Waals surface area (Å²) in [5.74, 6) is 2.00. The van der Waals surface area contributed by atoms with Gasteiger partial charge < -0.3 is 4.52 Å². The van der Waals surface area contributed by atoms with E-state index in [0.29, 0.717) is 22.2 Å². The minimum atomic E-state index is -0.132. The van der Waals surface area contributed by atoms with Crippen LogP contribution < -0.4 is 5.56 Å². The van der Waals surface area contributed by atoms with Crippen LogP contribution in [-0.4, -0.2) is 29.3 Å². The van der Waals surface area contributed by atoms with Gasteiger partial charge in [0.2, 0.25) is 11.7 Å². The smallest absolute Gasteiger partial charge is 0.267 e. The lowest BCUT2D eigenvalue weighted by Gasteiger charge is -2.16. The van der Waals surface area contributed by atoms with Crippen molar-refractivity contribution in [1.82, 2.24) is 29.3 Å². The predicted molar refractivity (Wildman–Crippen MR) is 137 cm³/mol. The number of para-hydroxylation sites is 2. The van der Waals surface area contributed by atoms with Crippen molar-refractivity contribution in [3.05, 3.63) is 76.2 Å². The Kier molecular flexibility index (Phi) is 6.42. The molecule has 2 aromatic carbocycles. The molecule has 0 aliphatic carbocycles. The Morgan fingerprint density at radius 3 is 2.60 bits per heavy atom. The molecule has 0 saturated heterocycles. The summed E-state index contributed by atoms with van der Waals surface area (Å²) in [7, 11) is 0. The summed E-state index contributed by atoms with van der Waals surface area (Å²) in [4.78, 5) is 18.3. The molecule has 0 amide bonds. The molecule has 0 fully saturated rings. The first kappa shape index (κ1) is 23.3. The van der Waals surface area contributed by atoms with E-state index in [1.165, 1.54) is 11.8 Å². The lowest BCUT2D eigenvalue weighted by molar-refractivity contribution is 0.374. The van der Waals surface area contributed by atoms with Crippen LogP contribution in [0, 0.1) is 0 Å². The van der Waals surface area contributed by atoms with E-state index in [-0.39, 0.29) is 16.7 Å². The molecule has 0 saturated carbocycles. The zero-order chi connectivity index (χ0) is 24.5. The molecule has 5 rings (SSSR count). The van der Waals surface area contributed by atoms with Crippen molar-refractivity contribution in [2.45, 2.75) is 63.3 Å². The molecule has 8 nitrogen and oxygen atoms in total. The van der Waals surface area contributed by atoms with Gasteiger partial charge in [-0.2, -0.15) is 4.98 Å². The molecule has 180 valence electrons. The van der Waals surface area contributed by atoms with Crippen molar-refractivity contribution in [1.29, 1.82) is 0 Å². The second-order valence-electron chi connectivity index (χ2n) is 8.90. The summed E-state index contributed by atoms with van der Waals surface area (Å²) in [6.45, 7) is 8.39. The van der Waals surface area contributed by atoms with Gasteiger partial charge >= 0.3 is 0 Å². The van der Waals surface area contributed by atoms with E-state index < -0.39 is 0 Å². The second-order valence-corrected chi connectivity index (χ2v) is 10.2. The Hall–Kier alpha value is -3.46. The number of aryl methyl sites for hydroxylation is 1. The summed E-state index contributed by atoms with van der Waals surface area (Å²) in [6.07, 6.45) is 2.91. The molecule has 5 aromatic rings. The Morgan fingerprint density at radius 2 is 1.80 bits per heavy atom. The summed E-state index contributed by atoms with van der Waals surface area (Å²) < 4.78 is 9.15. The minimum Gasteiger partial charge on any atom is -0.338 e. The molecule has 0 aliphatic heterocycles. The van der Waals surface area contributed by atoms with Gasteiger partial charge in [0, 0.05) is 6.42 Å². The van der Waals surface area contributed by atoms with E-state index in [1.807, 2.05) is 53.8 Å². The van der Waals surface area contributed by atoms with E-state index in [9.17, 15) is 4.79 Å². The zero-order valence-electron chi connectivity index (χ0n) is 20.3. The highest BCUT2D eigenvalue weighted by Crippen LogP contribution is 2.34. The second kappa shape index (κ2) is 9.65. The van der Waals surface area contributed by atoms with Crippen LogP contribution in [0.3, 0.4) is 0 Å². The third-order valence-electron chi connectivity index (χ3n) is 6.06. The first-order chi connectivity index (χ1) is 17.0. The first-order valence-corrected chi connectivity index (χ1v) is 12.8. The fraction of sp³-hybridized carbons (Fsp3) is 0.346. The average molecular weight is 489 g/mol. The average Bonchev–Trinajstić information content (AvgIpc) is 3.51. The fourth-order valence-corrected chi connectivity index (χ4v) is 5.12. The monoisotopic (exact) mass is 488 g/mol. The largest absolute Gasteiger partial charge is 0.338 e. The lowest BCUT2D eigenvalue weighted by Crippen LogP contribution is -2.23. The summed E-state index contributed by atoms with van der Waals surface area (Å²) >= 11 is 1.48.